The van der Waals surface area contributed by atoms with Crippen molar-refractivity contribution in [2.24, 2.45) is 0 Å². The van der Waals surface area contributed by atoms with Crippen LogP contribution in [0.15, 0.2) is 35.8 Å². The summed E-state index contributed by atoms with van der Waals surface area (Å²) in [5.41, 5.74) is 1.17. The summed E-state index contributed by atoms with van der Waals surface area (Å²) in [5, 5.41) is 4.14. The van der Waals surface area contributed by atoms with E-state index in [0.717, 1.165) is 17.5 Å². The molecule has 0 aliphatic heterocycles. The highest BCUT2D eigenvalue weighted by atomic mass is 32.2. The van der Waals surface area contributed by atoms with Crippen LogP contribution in [0.1, 0.15) is 13.8 Å². The topological polar surface area (TPSA) is 37.8 Å². The van der Waals surface area contributed by atoms with E-state index in [-0.39, 0.29) is 0 Å². The van der Waals surface area contributed by atoms with E-state index in [0.29, 0.717) is 6.04 Å². The van der Waals surface area contributed by atoms with Crippen molar-refractivity contribution in [2.75, 3.05) is 12.3 Å². The van der Waals surface area contributed by atoms with Crippen molar-refractivity contribution in [1.29, 1.82) is 0 Å². The SMILES string of the molecule is C=C(CNC(C)C)CSc1ncccn1. The average Bonchev–Trinajstić information content (AvgIpc) is 2.25. The monoisotopic (exact) mass is 223 g/mol. The number of nitrogens with one attached hydrogen (secondary N) is 1. The average molecular weight is 223 g/mol. The Kier molecular flexibility index (Phi) is 5.36. The van der Waals surface area contributed by atoms with Gasteiger partial charge in [0, 0.05) is 30.7 Å². The maximum atomic E-state index is 4.14. The normalized spacial score (nSPS) is 10.6. The Labute approximate surface area is 95.4 Å². The summed E-state index contributed by atoms with van der Waals surface area (Å²) in [7, 11) is 0. The first-order valence-electron chi connectivity index (χ1n) is 4.98. The third-order valence-corrected chi connectivity index (χ3v) is 2.73. The van der Waals surface area contributed by atoms with E-state index in [1.165, 1.54) is 5.57 Å². The summed E-state index contributed by atoms with van der Waals surface area (Å²) in [6, 6.07) is 2.32. The van der Waals surface area contributed by atoms with Gasteiger partial charge in [-0.25, -0.2) is 9.97 Å². The molecule has 0 radical (unpaired) electrons. The summed E-state index contributed by atoms with van der Waals surface area (Å²) in [6.45, 7) is 9.11. The quantitative estimate of drug-likeness (QED) is 0.455. The van der Waals surface area contributed by atoms with Crippen molar-refractivity contribution in [1.82, 2.24) is 15.3 Å². The fourth-order valence-corrected chi connectivity index (χ4v) is 1.63. The van der Waals surface area contributed by atoms with Crippen LogP contribution in [0.5, 0.6) is 0 Å². The second kappa shape index (κ2) is 6.58. The molecule has 15 heavy (non-hydrogen) atoms. The zero-order chi connectivity index (χ0) is 11.1. The minimum Gasteiger partial charge on any atom is -0.311 e. The molecule has 1 aromatic heterocycles. The fraction of sp³-hybridized carbons (Fsp3) is 0.455. The predicted octanol–water partition coefficient (Wildman–Crippen LogP) is 2.12. The lowest BCUT2D eigenvalue weighted by atomic mass is 10.3. The van der Waals surface area contributed by atoms with Crippen molar-refractivity contribution in [3.8, 4) is 0 Å². The van der Waals surface area contributed by atoms with Crippen LogP contribution >= 0.6 is 11.8 Å². The van der Waals surface area contributed by atoms with E-state index in [9.17, 15) is 0 Å². The first kappa shape index (κ1) is 12.2. The van der Waals surface area contributed by atoms with E-state index >= 15 is 0 Å². The lowest BCUT2D eigenvalue weighted by Gasteiger charge is -2.09. The lowest BCUT2D eigenvalue weighted by molar-refractivity contribution is 0.623. The van der Waals surface area contributed by atoms with E-state index in [1.807, 2.05) is 6.07 Å². The van der Waals surface area contributed by atoms with Gasteiger partial charge in [-0.1, -0.05) is 37.8 Å². The van der Waals surface area contributed by atoms with Crippen molar-refractivity contribution >= 4 is 11.8 Å². The number of thioether (sulfide) groups is 1. The molecule has 1 heterocycles. The largest absolute Gasteiger partial charge is 0.311 e. The predicted molar refractivity (Wildman–Crippen MR) is 65.0 cm³/mol. The Morgan fingerprint density at radius 1 is 1.47 bits per heavy atom. The molecule has 0 saturated heterocycles. The molecule has 0 aromatic carbocycles. The Morgan fingerprint density at radius 2 is 2.13 bits per heavy atom. The fourth-order valence-electron chi connectivity index (χ4n) is 0.926. The first-order valence-corrected chi connectivity index (χ1v) is 5.97. The highest BCUT2D eigenvalue weighted by Crippen LogP contribution is 2.13. The molecule has 0 fully saturated rings. The van der Waals surface area contributed by atoms with E-state index in [1.54, 1.807) is 24.2 Å². The van der Waals surface area contributed by atoms with Crippen molar-refractivity contribution < 1.29 is 0 Å². The highest BCUT2D eigenvalue weighted by molar-refractivity contribution is 7.99. The van der Waals surface area contributed by atoms with Gasteiger partial charge in [0.2, 0.25) is 0 Å². The van der Waals surface area contributed by atoms with Crippen molar-refractivity contribution in [2.45, 2.75) is 25.0 Å². The molecule has 1 aromatic rings. The zero-order valence-electron chi connectivity index (χ0n) is 9.23. The smallest absolute Gasteiger partial charge is 0.187 e. The minimum absolute atomic E-state index is 0.500. The molecule has 0 unspecified atom stereocenters. The third-order valence-electron chi connectivity index (χ3n) is 1.71. The molecule has 82 valence electrons. The van der Waals surface area contributed by atoms with E-state index < -0.39 is 0 Å². The first-order chi connectivity index (χ1) is 7.18. The van der Waals surface area contributed by atoms with E-state index in [2.05, 4.69) is 35.7 Å². The van der Waals surface area contributed by atoms with Crippen LogP contribution in [0.2, 0.25) is 0 Å². The van der Waals surface area contributed by atoms with Gasteiger partial charge >= 0.3 is 0 Å². The summed E-state index contributed by atoms with van der Waals surface area (Å²) in [6.07, 6.45) is 3.51. The maximum Gasteiger partial charge on any atom is 0.187 e. The second-order valence-corrected chi connectivity index (χ2v) is 4.55. The third kappa shape index (κ3) is 5.54. The molecular formula is C11H17N3S. The molecule has 0 amide bonds. The molecule has 0 bridgehead atoms. The van der Waals surface area contributed by atoms with Crippen LogP contribution in [-0.2, 0) is 0 Å². The summed E-state index contributed by atoms with van der Waals surface area (Å²) in [4.78, 5) is 8.27. The molecule has 0 atom stereocenters. The molecular weight excluding hydrogens is 206 g/mol. The van der Waals surface area contributed by atoms with Crippen LogP contribution in [-0.4, -0.2) is 28.3 Å². The zero-order valence-corrected chi connectivity index (χ0v) is 10.0. The molecule has 0 aliphatic carbocycles. The maximum absolute atomic E-state index is 4.14. The van der Waals surface area contributed by atoms with Gasteiger partial charge in [0.1, 0.15) is 0 Å². The van der Waals surface area contributed by atoms with Gasteiger partial charge in [-0.15, -0.1) is 0 Å². The summed E-state index contributed by atoms with van der Waals surface area (Å²) < 4.78 is 0. The number of aromatic nitrogens is 2. The molecule has 4 heteroatoms. The van der Waals surface area contributed by atoms with Gasteiger partial charge in [0.05, 0.1) is 0 Å². The standard InChI is InChI=1S/C11H17N3S/c1-9(2)14-7-10(3)8-15-11-12-5-4-6-13-11/h4-6,9,14H,3,7-8H2,1-2H3. The Bertz CT molecular complexity index is 298. The van der Waals surface area contributed by atoms with Gasteiger partial charge in [0.25, 0.3) is 0 Å². The van der Waals surface area contributed by atoms with Gasteiger partial charge in [-0.2, -0.15) is 0 Å². The van der Waals surface area contributed by atoms with Crippen LogP contribution in [0.25, 0.3) is 0 Å². The molecule has 3 nitrogen and oxygen atoms in total. The minimum atomic E-state index is 0.500. The van der Waals surface area contributed by atoms with E-state index in [4.69, 9.17) is 0 Å². The number of hydrogen-bond acceptors (Lipinski definition) is 4. The van der Waals surface area contributed by atoms with Crippen molar-refractivity contribution in [3.63, 3.8) is 0 Å². The molecule has 1 N–H and O–H groups in total. The Morgan fingerprint density at radius 3 is 2.73 bits per heavy atom. The number of nitrogens with zero attached hydrogens (tertiary/aromatic N) is 2. The van der Waals surface area contributed by atoms with Gasteiger partial charge in [0.15, 0.2) is 5.16 Å². The summed E-state index contributed by atoms with van der Waals surface area (Å²) in [5.74, 6) is 0.865. The van der Waals surface area contributed by atoms with Gasteiger partial charge in [-0.05, 0) is 6.07 Å². The summed E-state index contributed by atoms with van der Waals surface area (Å²) >= 11 is 1.62. The number of rotatable bonds is 6. The number of hydrogen-bond donors (Lipinski definition) is 1. The highest BCUT2D eigenvalue weighted by Gasteiger charge is 1.99. The Balaban J connectivity index is 2.23. The van der Waals surface area contributed by atoms with Crippen LogP contribution in [0.4, 0.5) is 0 Å². The van der Waals surface area contributed by atoms with Gasteiger partial charge in [-0.3, -0.25) is 0 Å². The van der Waals surface area contributed by atoms with Crippen LogP contribution < -0.4 is 5.32 Å². The van der Waals surface area contributed by atoms with Crippen LogP contribution in [0, 0.1) is 0 Å². The molecule has 1 rings (SSSR count). The van der Waals surface area contributed by atoms with Gasteiger partial charge < -0.3 is 5.32 Å². The molecule has 0 saturated carbocycles. The Hall–Kier alpha value is -0.870. The van der Waals surface area contributed by atoms with Crippen molar-refractivity contribution in [3.05, 3.63) is 30.6 Å². The molecule has 0 spiro atoms. The lowest BCUT2D eigenvalue weighted by Crippen LogP contribution is -2.25. The van der Waals surface area contributed by atoms with Crippen LogP contribution in [0.3, 0.4) is 0 Å². The molecule has 0 aliphatic rings. The second-order valence-electron chi connectivity index (χ2n) is 3.61.